The summed E-state index contributed by atoms with van der Waals surface area (Å²) < 4.78 is 1.69. The van der Waals surface area contributed by atoms with Crippen LogP contribution >= 0.6 is 11.6 Å². The van der Waals surface area contributed by atoms with E-state index in [1.807, 2.05) is 66.4 Å². The van der Waals surface area contributed by atoms with Crippen LogP contribution in [-0.4, -0.2) is 61.6 Å². The standard InChI is InChI=1S/C25H26ClN7O/c1-17-22(23(26)33(30-17)15-18-7-3-2-4-8-18)25(34)32-13-11-31(12-14-32)16-21-28-20-10-6-5-9-19(20)24(27)29-21/h2-10H,11-16H2,1H3,(H2,27,28,29). The maximum Gasteiger partial charge on any atom is 0.258 e. The van der Waals surface area contributed by atoms with Gasteiger partial charge in [-0.3, -0.25) is 9.69 Å². The maximum atomic E-state index is 13.3. The van der Waals surface area contributed by atoms with E-state index in [4.69, 9.17) is 17.3 Å². The highest BCUT2D eigenvalue weighted by Gasteiger charge is 2.28. The number of fused-ring (bicyclic) bond motifs is 1. The molecule has 1 amide bonds. The Labute approximate surface area is 203 Å². The number of hydrogen-bond donors (Lipinski definition) is 1. The van der Waals surface area contributed by atoms with E-state index in [-0.39, 0.29) is 5.91 Å². The molecule has 1 fully saturated rings. The molecule has 2 N–H and O–H groups in total. The number of aryl methyl sites for hydroxylation is 1. The number of anilines is 1. The van der Waals surface area contributed by atoms with Gasteiger partial charge in [-0.15, -0.1) is 0 Å². The Balaban J connectivity index is 1.24. The molecule has 174 valence electrons. The predicted molar refractivity (Wildman–Crippen MR) is 133 cm³/mol. The normalized spacial score (nSPS) is 14.6. The van der Waals surface area contributed by atoms with Crippen molar-refractivity contribution >= 4 is 34.2 Å². The minimum Gasteiger partial charge on any atom is -0.383 e. The van der Waals surface area contributed by atoms with Gasteiger partial charge in [0.25, 0.3) is 5.91 Å². The van der Waals surface area contributed by atoms with Gasteiger partial charge in [0.1, 0.15) is 16.8 Å². The molecule has 5 rings (SSSR count). The van der Waals surface area contributed by atoms with Gasteiger partial charge < -0.3 is 10.6 Å². The molecule has 1 aliphatic heterocycles. The molecule has 4 aromatic rings. The fourth-order valence-electron chi connectivity index (χ4n) is 4.35. The Bertz CT molecular complexity index is 1330. The van der Waals surface area contributed by atoms with Crippen LogP contribution in [0.25, 0.3) is 10.9 Å². The summed E-state index contributed by atoms with van der Waals surface area (Å²) in [5, 5.41) is 5.77. The summed E-state index contributed by atoms with van der Waals surface area (Å²) in [4.78, 5) is 26.5. The average molecular weight is 476 g/mol. The van der Waals surface area contributed by atoms with E-state index in [9.17, 15) is 4.79 Å². The maximum absolute atomic E-state index is 13.3. The molecule has 8 nitrogen and oxygen atoms in total. The third-order valence-electron chi connectivity index (χ3n) is 6.16. The summed E-state index contributed by atoms with van der Waals surface area (Å²) >= 11 is 6.61. The van der Waals surface area contributed by atoms with Crippen molar-refractivity contribution in [3.63, 3.8) is 0 Å². The number of benzene rings is 2. The molecule has 9 heteroatoms. The lowest BCUT2D eigenvalue weighted by atomic mass is 10.2. The fraction of sp³-hybridized carbons (Fsp3) is 0.280. The van der Waals surface area contributed by atoms with Crippen LogP contribution in [0.4, 0.5) is 5.82 Å². The van der Waals surface area contributed by atoms with Crippen LogP contribution in [0, 0.1) is 6.92 Å². The molecular formula is C25H26ClN7O. The van der Waals surface area contributed by atoms with E-state index in [0.717, 1.165) is 29.6 Å². The molecule has 0 atom stereocenters. The van der Waals surface area contributed by atoms with Crippen LogP contribution in [0.1, 0.15) is 27.4 Å². The number of amides is 1. The first kappa shape index (κ1) is 22.3. The molecule has 0 saturated carbocycles. The van der Waals surface area contributed by atoms with Crippen molar-refractivity contribution in [3.05, 3.63) is 82.4 Å². The second-order valence-corrected chi connectivity index (χ2v) is 8.86. The van der Waals surface area contributed by atoms with Gasteiger partial charge in [0.2, 0.25) is 0 Å². The Morgan fingerprint density at radius 1 is 0.971 bits per heavy atom. The fourth-order valence-corrected chi connectivity index (χ4v) is 4.66. The van der Waals surface area contributed by atoms with Crippen LogP contribution < -0.4 is 5.73 Å². The molecule has 2 aromatic carbocycles. The van der Waals surface area contributed by atoms with Crippen LogP contribution in [0.5, 0.6) is 0 Å². The van der Waals surface area contributed by atoms with Gasteiger partial charge in [-0.25, -0.2) is 14.6 Å². The molecule has 0 bridgehead atoms. The van der Waals surface area contributed by atoms with Gasteiger partial charge in [-0.2, -0.15) is 5.10 Å². The monoisotopic (exact) mass is 475 g/mol. The summed E-state index contributed by atoms with van der Waals surface area (Å²) in [5.74, 6) is 1.11. The van der Waals surface area contributed by atoms with E-state index >= 15 is 0 Å². The highest BCUT2D eigenvalue weighted by molar-refractivity contribution is 6.33. The number of aromatic nitrogens is 4. The lowest BCUT2D eigenvalue weighted by Crippen LogP contribution is -2.48. The molecule has 1 aliphatic rings. The topological polar surface area (TPSA) is 93.2 Å². The van der Waals surface area contributed by atoms with Crippen LogP contribution in [0.2, 0.25) is 5.15 Å². The van der Waals surface area contributed by atoms with E-state index < -0.39 is 0 Å². The minimum absolute atomic E-state index is 0.0762. The summed E-state index contributed by atoms with van der Waals surface area (Å²) in [6, 6.07) is 17.7. The molecule has 2 aromatic heterocycles. The number of nitrogen functional groups attached to an aromatic ring is 1. The number of carbonyl (C=O) groups excluding carboxylic acids is 1. The van der Waals surface area contributed by atoms with Crippen molar-refractivity contribution in [2.45, 2.75) is 20.0 Å². The van der Waals surface area contributed by atoms with E-state index in [2.05, 4.69) is 20.0 Å². The van der Waals surface area contributed by atoms with Crippen molar-refractivity contribution in [1.82, 2.24) is 29.5 Å². The Hall–Kier alpha value is -3.49. The van der Waals surface area contributed by atoms with E-state index in [1.54, 1.807) is 4.68 Å². The first-order valence-corrected chi connectivity index (χ1v) is 11.7. The lowest BCUT2D eigenvalue weighted by molar-refractivity contribution is 0.0625. The number of hydrogen-bond acceptors (Lipinski definition) is 6. The second-order valence-electron chi connectivity index (χ2n) is 8.51. The number of nitrogens with zero attached hydrogens (tertiary/aromatic N) is 6. The van der Waals surface area contributed by atoms with Gasteiger partial charge in [0.05, 0.1) is 29.9 Å². The first-order valence-electron chi connectivity index (χ1n) is 11.3. The number of piperazine rings is 1. The van der Waals surface area contributed by atoms with Crippen molar-refractivity contribution in [3.8, 4) is 0 Å². The number of nitrogens with two attached hydrogens (primary N) is 1. The number of halogens is 1. The van der Waals surface area contributed by atoms with Crippen molar-refractivity contribution in [1.29, 1.82) is 0 Å². The Kier molecular flexibility index (Phi) is 6.17. The molecule has 1 saturated heterocycles. The summed E-state index contributed by atoms with van der Waals surface area (Å²) in [7, 11) is 0. The highest BCUT2D eigenvalue weighted by Crippen LogP contribution is 2.24. The first-order chi connectivity index (χ1) is 16.5. The number of carbonyl (C=O) groups is 1. The molecule has 0 aliphatic carbocycles. The summed E-state index contributed by atoms with van der Waals surface area (Å²) in [6.45, 7) is 5.58. The molecule has 0 spiro atoms. The number of para-hydroxylation sites is 1. The van der Waals surface area contributed by atoms with E-state index in [0.29, 0.717) is 54.2 Å². The lowest BCUT2D eigenvalue weighted by Gasteiger charge is -2.34. The van der Waals surface area contributed by atoms with E-state index in [1.165, 1.54) is 0 Å². The van der Waals surface area contributed by atoms with Crippen molar-refractivity contribution in [2.24, 2.45) is 0 Å². The van der Waals surface area contributed by atoms with Gasteiger partial charge in [-0.05, 0) is 24.6 Å². The molecule has 3 heterocycles. The quantitative estimate of drug-likeness (QED) is 0.475. The summed E-state index contributed by atoms with van der Waals surface area (Å²) in [6.07, 6.45) is 0. The molecular weight excluding hydrogens is 450 g/mol. The zero-order chi connectivity index (χ0) is 23.7. The van der Waals surface area contributed by atoms with Gasteiger partial charge >= 0.3 is 0 Å². The smallest absolute Gasteiger partial charge is 0.258 e. The third kappa shape index (κ3) is 4.47. The summed E-state index contributed by atoms with van der Waals surface area (Å²) in [5.41, 5.74) is 9.18. The molecule has 0 unspecified atom stereocenters. The largest absolute Gasteiger partial charge is 0.383 e. The highest BCUT2D eigenvalue weighted by atomic mass is 35.5. The van der Waals surface area contributed by atoms with Crippen molar-refractivity contribution in [2.75, 3.05) is 31.9 Å². The van der Waals surface area contributed by atoms with Gasteiger partial charge in [-0.1, -0.05) is 54.1 Å². The Morgan fingerprint density at radius 2 is 1.68 bits per heavy atom. The SMILES string of the molecule is Cc1nn(Cc2ccccc2)c(Cl)c1C(=O)N1CCN(Cc2nc(N)c3ccccc3n2)CC1. The molecule has 34 heavy (non-hydrogen) atoms. The number of rotatable bonds is 5. The zero-order valence-corrected chi connectivity index (χ0v) is 19.7. The zero-order valence-electron chi connectivity index (χ0n) is 19.0. The van der Waals surface area contributed by atoms with Crippen LogP contribution in [0.3, 0.4) is 0 Å². The predicted octanol–water partition coefficient (Wildman–Crippen LogP) is 3.38. The van der Waals surface area contributed by atoms with Crippen LogP contribution in [-0.2, 0) is 13.1 Å². The second kappa shape index (κ2) is 9.40. The minimum atomic E-state index is -0.0762. The van der Waals surface area contributed by atoms with Gasteiger partial charge in [0, 0.05) is 31.6 Å². The Morgan fingerprint density at radius 3 is 2.44 bits per heavy atom. The average Bonchev–Trinajstić information content (AvgIpc) is 3.12. The van der Waals surface area contributed by atoms with Crippen molar-refractivity contribution < 1.29 is 4.79 Å². The third-order valence-corrected chi connectivity index (χ3v) is 6.54. The van der Waals surface area contributed by atoms with Crippen LogP contribution in [0.15, 0.2) is 54.6 Å². The van der Waals surface area contributed by atoms with Gasteiger partial charge in [0.15, 0.2) is 0 Å². The molecule has 0 radical (unpaired) electrons.